The Morgan fingerprint density at radius 3 is 2.65 bits per heavy atom. The normalized spacial score (nSPS) is 10.4. The third-order valence-corrected chi connectivity index (χ3v) is 4.15. The number of para-hydroxylation sites is 1. The first-order chi connectivity index (χ1) is 12.6. The van der Waals surface area contributed by atoms with Gasteiger partial charge in [0.2, 0.25) is 0 Å². The summed E-state index contributed by atoms with van der Waals surface area (Å²) in [4.78, 5) is 26.9. The lowest BCUT2D eigenvalue weighted by Crippen LogP contribution is -2.23. The van der Waals surface area contributed by atoms with E-state index < -0.39 is 0 Å². The quantitative estimate of drug-likeness (QED) is 0.742. The molecule has 6 nitrogen and oxygen atoms in total. The molecule has 132 valence electrons. The number of rotatable bonds is 6. The molecule has 1 amide bonds. The van der Waals surface area contributed by atoms with Crippen molar-refractivity contribution in [3.8, 4) is 0 Å². The molecule has 2 heterocycles. The second-order valence-corrected chi connectivity index (χ2v) is 6.06. The van der Waals surface area contributed by atoms with E-state index in [1.165, 1.54) is 11.9 Å². The Hall–Kier alpha value is -3.28. The van der Waals surface area contributed by atoms with E-state index in [1.807, 2.05) is 55.3 Å². The van der Waals surface area contributed by atoms with Crippen LogP contribution < -0.4 is 10.2 Å². The lowest BCUT2D eigenvalue weighted by atomic mass is 10.2. The zero-order valence-electron chi connectivity index (χ0n) is 14.9. The van der Waals surface area contributed by atoms with Crippen molar-refractivity contribution in [3.05, 3.63) is 78.0 Å². The molecular weight excluding hydrogens is 326 g/mol. The summed E-state index contributed by atoms with van der Waals surface area (Å²) in [6, 6.07) is 13.3. The van der Waals surface area contributed by atoms with Gasteiger partial charge in [0.25, 0.3) is 5.91 Å². The maximum Gasteiger partial charge on any atom is 0.274 e. The van der Waals surface area contributed by atoms with Gasteiger partial charge in [0, 0.05) is 37.7 Å². The van der Waals surface area contributed by atoms with Crippen LogP contribution in [0.1, 0.15) is 21.6 Å². The molecule has 0 atom stereocenters. The van der Waals surface area contributed by atoms with Crippen molar-refractivity contribution in [2.75, 3.05) is 23.8 Å². The Kier molecular flexibility index (Phi) is 5.53. The summed E-state index contributed by atoms with van der Waals surface area (Å²) in [6.07, 6.45) is 5.86. The predicted octanol–water partition coefficient (Wildman–Crippen LogP) is 3.11. The van der Waals surface area contributed by atoms with Crippen LogP contribution in [0.5, 0.6) is 0 Å². The number of benzene rings is 1. The first-order valence-corrected chi connectivity index (χ1v) is 8.42. The minimum absolute atomic E-state index is 0.245. The van der Waals surface area contributed by atoms with Gasteiger partial charge in [-0.1, -0.05) is 18.2 Å². The van der Waals surface area contributed by atoms with Crippen molar-refractivity contribution < 1.29 is 4.79 Å². The van der Waals surface area contributed by atoms with Crippen LogP contribution in [-0.2, 0) is 6.42 Å². The fraction of sp³-hybridized carbons (Fsp3) is 0.200. The average molecular weight is 347 g/mol. The summed E-state index contributed by atoms with van der Waals surface area (Å²) >= 11 is 0. The van der Waals surface area contributed by atoms with Crippen LogP contribution in [0.15, 0.2) is 61.2 Å². The van der Waals surface area contributed by atoms with Crippen molar-refractivity contribution >= 4 is 17.4 Å². The number of hydrogen-bond donors (Lipinski definition) is 1. The Morgan fingerprint density at radius 2 is 1.88 bits per heavy atom. The van der Waals surface area contributed by atoms with Crippen LogP contribution in [0.25, 0.3) is 0 Å². The number of aryl methyl sites for hydroxylation is 1. The molecule has 6 heteroatoms. The van der Waals surface area contributed by atoms with Crippen LogP contribution in [0.3, 0.4) is 0 Å². The van der Waals surface area contributed by atoms with E-state index in [9.17, 15) is 4.79 Å². The second kappa shape index (κ2) is 8.20. The number of carbonyl (C=O) groups is 1. The Labute approximate surface area is 153 Å². The molecule has 1 aromatic carbocycles. The van der Waals surface area contributed by atoms with Crippen LogP contribution in [0.4, 0.5) is 11.5 Å². The highest BCUT2D eigenvalue weighted by Crippen LogP contribution is 2.16. The molecule has 3 aromatic rings. The summed E-state index contributed by atoms with van der Waals surface area (Å²) in [5.41, 5.74) is 3.33. The number of aromatic nitrogens is 3. The number of likely N-dealkylation sites (N-methyl/N-ethyl adjacent to an activating group) is 1. The fourth-order valence-corrected chi connectivity index (χ4v) is 2.54. The number of hydrogen-bond acceptors (Lipinski definition) is 5. The van der Waals surface area contributed by atoms with E-state index in [0.717, 1.165) is 24.2 Å². The van der Waals surface area contributed by atoms with E-state index in [4.69, 9.17) is 0 Å². The van der Waals surface area contributed by atoms with Gasteiger partial charge in [-0.05, 0) is 42.7 Å². The molecule has 2 aromatic heterocycles. The largest absolute Gasteiger partial charge is 0.359 e. The van der Waals surface area contributed by atoms with Gasteiger partial charge < -0.3 is 10.2 Å². The van der Waals surface area contributed by atoms with Gasteiger partial charge in [0.05, 0.1) is 0 Å². The lowest BCUT2D eigenvalue weighted by Gasteiger charge is -2.18. The Balaban J connectivity index is 1.67. The van der Waals surface area contributed by atoms with E-state index >= 15 is 0 Å². The van der Waals surface area contributed by atoms with Gasteiger partial charge in [-0.2, -0.15) is 0 Å². The van der Waals surface area contributed by atoms with Crippen LogP contribution in [-0.4, -0.2) is 34.5 Å². The summed E-state index contributed by atoms with van der Waals surface area (Å²) in [7, 11) is 1.95. The number of amides is 1. The smallest absolute Gasteiger partial charge is 0.274 e. The number of nitrogens with one attached hydrogen (secondary N) is 1. The van der Waals surface area contributed by atoms with Gasteiger partial charge in [-0.3, -0.25) is 9.78 Å². The standard InChI is InChI=1S/C20H21N5O/c1-15-5-3-4-6-17(15)24-20(26)18-13-19(23-14-22-18)25(2)12-9-16-7-10-21-11-8-16/h3-8,10-11,13-14H,9,12H2,1-2H3,(H,24,26). The zero-order chi connectivity index (χ0) is 18.4. The van der Waals surface area contributed by atoms with Gasteiger partial charge >= 0.3 is 0 Å². The first-order valence-electron chi connectivity index (χ1n) is 8.42. The minimum Gasteiger partial charge on any atom is -0.359 e. The van der Waals surface area contributed by atoms with Crippen molar-refractivity contribution in [1.29, 1.82) is 0 Å². The molecule has 0 saturated heterocycles. The molecule has 1 N–H and O–H groups in total. The number of anilines is 2. The molecular formula is C20H21N5O. The maximum absolute atomic E-state index is 12.5. The molecule has 0 saturated carbocycles. The average Bonchev–Trinajstić information content (AvgIpc) is 2.69. The summed E-state index contributed by atoms with van der Waals surface area (Å²) in [6.45, 7) is 2.73. The first kappa shape index (κ1) is 17.5. The fourth-order valence-electron chi connectivity index (χ4n) is 2.54. The predicted molar refractivity (Wildman–Crippen MR) is 102 cm³/mol. The van der Waals surface area contributed by atoms with Crippen molar-refractivity contribution in [2.24, 2.45) is 0 Å². The van der Waals surface area contributed by atoms with Crippen LogP contribution in [0.2, 0.25) is 0 Å². The van der Waals surface area contributed by atoms with E-state index in [-0.39, 0.29) is 5.91 Å². The van der Waals surface area contributed by atoms with Gasteiger partial charge in [-0.25, -0.2) is 9.97 Å². The van der Waals surface area contributed by atoms with E-state index in [0.29, 0.717) is 11.5 Å². The summed E-state index contributed by atoms with van der Waals surface area (Å²) in [5, 5.41) is 2.90. The van der Waals surface area contributed by atoms with Crippen LogP contribution >= 0.6 is 0 Å². The number of carbonyl (C=O) groups excluding carboxylic acids is 1. The molecule has 0 spiro atoms. The molecule has 0 aliphatic carbocycles. The van der Waals surface area contributed by atoms with E-state index in [2.05, 4.69) is 20.3 Å². The minimum atomic E-state index is -0.245. The van der Waals surface area contributed by atoms with Gasteiger partial charge in [0.15, 0.2) is 0 Å². The van der Waals surface area contributed by atoms with Gasteiger partial charge in [-0.15, -0.1) is 0 Å². The van der Waals surface area contributed by atoms with Crippen molar-refractivity contribution in [1.82, 2.24) is 15.0 Å². The molecule has 0 bridgehead atoms. The summed E-state index contributed by atoms with van der Waals surface area (Å²) < 4.78 is 0. The summed E-state index contributed by atoms with van der Waals surface area (Å²) in [5.74, 6) is 0.467. The number of nitrogens with zero attached hydrogens (tertiary/aromatic N) is 4. The van der Waals surface area contributed by atoms with Crippen molar-refractivity contribution in [3.63, 3.8) is 0 Å². The van der Waals surface area contributed by atoms with Gasteiger partial charge in [0.1, 0.15) is 17.8 Å². The molecule has 26 heavy (non-hydrogen) atoms. The molecule has 0 fully saturated rings. The third kappa shape index (κ3) is 4.42. The maximum atomic E-state index is 12.5. The zero-order valence-corrected chi connectivity index (χ0v) is 14.9. The SMILES string of the molecule is Cc1ccccc1NC(=O)c1cc(N(C)CCc2ccncc2)ncn1. The number of pyridine rings is 1. The molecule has 0 radical (unpaired) electrons. The third-order valence-electron chi connectivity index (χ3n) is 4.15. The monoisotopic (exact) mass is 347 g/mol. The Morgan fingerprint density at radius 1 is 1.12 bits per heavy atom. The second-order valence-electron chi connectivity index (χ2n) is 6.06. The Bertz CT molecular complexity index is 882. The molecule has 3 rings (SSSR count). The van der Waals surface area contributed by atoms with Crippen LogP contribution in [0, 0.1) is 6.92 Å². The molecule has 0 aliphatic rings. The lowest BCUT2D eigenvalue weighted by molar-refractivity contribution is 0.102. The molecule has 0 unspecified atom stereocenters. The highest BCUT2D eigenvalue weighted by Gasteiger charge is 2.12. The van der Waals surface area contributed by atoms with Crippen molar-refractivity contribution in [2.45, 2.75) is 13.3 Å². The van der Waals surface area contributed by atoms with E-state index in [1.54, 1.807) is 18.5 Å². The topological polar surface area (TPSA) is 71.0 Å². The molecule has 0 aliphatic heterocycles. The highest BCUT2D eigenvalue weighted by atomic mass is 16.1. The highest BCUT2D eigenvalue weighted by molar-refractivity contribution is 6.03.